The summed E-state index contributed by atoms with van der Waals surface area (Å²) in [6.45, 7) is 7.22. The Morgan fingerprint density at radius 2 is 1.76 bits per heavy atom. The van der Waals surface area contributed by atoms with E-state index in [1.165, 1.54) is 24.2 Å². The first-order valence-electron chi connectivity index (χ1n) is 12.0. The molecule has 1 aromatic carbocycles. The molecule has 14 heteroatoms. The van der Waals surface area contributed by atoms with Gasteiger partial charge in [0.05, 0.1) is 25.9 Å². The average Bonchev–Trinajstić information content (AvgIpc) is 3.17. The second-order valence-corrected chi connectivity index (χ2v) is 10.6. The third-order valence-electron chi connectivity index (χ3n) is 5.83. The van der Waals surface area contributed by atoms with E-state index in [0.29, 0.717) is 16.9 Å². The summed E-state index contributed by atoms with van der Waals surface area (Å²) in [6, 6.07) is 6.01. The number of allylic oxidation sites excluding steroid dienone is 1. The highest BCUT2D eigenvalue weighted by Crippen LogP contribution is 2.51. The van der Waals surface area contributed by atoms with E-state index in [-0.39, 0.29) is 19.4 Å². The number of aliphatic hydroxyl groups is 2. The van der Waals surface area contributed by atoms with Crippen LogP contribution in [0.5, 0.6) is 0 Å². The third-order valence-corrected chi connectivity index (χ3v) is 7.88. The number of amides is 4. The number of hydrogen-bond donors (Lipinski definition) is 4. The molecule has 3 rings (SSSR count). The van der Waals surface area contributed by atoms with Crippen LogP contribution in [0.1, 0.15) is 19.4 Å². The van der Waals surface area contributed by atoms with Crippen molar-refractivity contribution in [3.05, 3.63) is 54.4 Å². The fourth-order valence-electron chi connectivity index (χ4n) is 3.85. The van der Waals surface area contributed by atoms with E-state index in [1.807, 2.05) is 0 Å². The van der Waals surface area contributed by atoms with Gasteiger partial charge >= 0.3 is 13.6 Å². The first-order valence-corrected chi connectivity index (χ1v) is 13.7. The van der Waals surface area contributed by atoms with Crippen molar-refractivity contribution in [2.45, 2.75) is 44.5 Å². The van der Waals surface area contributed by atoms with Crippen molar-refractivity contribution in [3.63, 3.8) is 0 Å². The minimum atomic E-state index is -3.27. The number of aliphatic hydroxyl groups excluding tert-OH is 2. The summed E-state index contributed by atoms with van der Waals surface area (Å²) in [5.41, 5.74) is 1.55. The molecule has 4 atom stereocenters. The summed E-state index contributed by atoms with van der Waals surface area (Å²) in [7, 11) is -1.78. The number of anilines is 1. The first-order chi connectivity index (χ1) is 18.0. The number of nitrogens with zero attached hydrogens (tertiary/aromatic N) is 2. The van der Waals surface area contributed by atoms with Crippen molar-refractivity contribution in [1.82, 2.24) is 15.1 Å². The number of likely N-dealkylation sites (N-methyl/N-ethyl adjacent to an activating group) is 1. The van der Waals surface area contributed by atoms with Gasteiger partial charge in [-0.05, 0) is 37.6 Å². The summed E-state index contributed by atoms with van der Waals surface area (Å²) in [4.78, 5) is 39.7. The van der Waals surface area contributed by atoms with E-state index in [2.05, 4.69) is 17.2 Å². The zero-order valence-electron chi connectivity index (χ0n) is 21.4. The number of carbonyl (C=O) groups is 3. The van der Waals surface area contributed by atoms with Gasteiger partial charge in [-0.3, -0.25) is 24.0 Å². The van der Waals surface area contributed by atoms with Gasteiger partial charge in [-0.25, -0.2) is 4.79 Å². The Hall–Kier alpha value is -3.06. The Morgan fingerprint density at radius 3 is 2.37 bits per heavy atom. The highest BCUT2D eigenvalue weighted by atomic mass is 31.2. The molecule has 0 unspecified atom stereocenters. The van der Waals surface area contributed by atoms with E-state index < -0.39 is 56.5 Å². The van der Waals surface area contributed by atoms with Gasteiger partial charge < -0.3 is 34.6 Å². The molecule has 4 amide bonds. The maximum absolute atomic E-state index is 12.7. The lowest BCUT2D eigenvalue weighted by Gasteiger charge is -2.34. The van der Waals surface area contributed by atoms with Gasteiger partial charge in [-0.1, -0.05) is 18.7 Å². The number of rotatable bonds is 11. The average molecular weight is 553 g/mol. The van der Waals surface area contributed by atoms with E-state index >= 15 is 0 Å². The van der Waals surface area contributed by atoms with Gasteiger partial charge in [0.15, 0.2) is 12.3 Å². The van der Waals surface area contributed by atoms with E-state index in [4.69, 9.17) is 13.8 Å². The summed E-state index contributed by atoms with van der Waals surface area (Å²) in [5, 5.41) is 25.7. The predicted molar refractivity (Wildman–Crippen MR) is 137 cm³/mol. The number of nitrogens with one attached hydrogen (secondary N) is 2. The van der Waals surface area contributed by atoms with Crippen LogP contribution in [0.2, 0.25) is 0 Å². The molecule has 0 spiro atoms. The molecule has 2 aliphatic rings. The molecule has 2 aliphatic heterocycles. The number of ether oxygens (including phenoxy) is 1. The van der Waals surface area contributed by atoms with Crippen molar-refractivity contribution >= 4 is 31.1 Å². The van der Waals surface area contributed by atoms with Gasteiger partial charge in [0.1, 0.15) is 12.2 Å². The first kappa shape index (κ1) is 29.5. The molecule has 0 aromatic heterocycles. The Kier molecular flexibility index (Phi) is 9.82. The number of urea groups is 1. The Morgan fingerprint density at radius 1 is 1.13 bits per heavy atom. The van der Waals surface area contributed by atoms with Crippen molar-refractivity contribution in [1.29, 1.82) is 0 Å². The Bertz CT molecular complexity index is 1120. The largest absolute Gasteiger partial charge is 0.387 e. The molecule has 0 saturated carbocycles. The summed E-state index contributed by atoms with van der Waals surface area (Å²) < 4.78 is 28.7. The lowest BCUT2D eigenvalue weighted by atomic mass is 10.1. The Balaban J connectivity index is 1.52. The van der Waals surface area contributed by atoms with Crippen LogP contribution in [0.15, 0.2) is 48.8 Å². The van der Waals surface area contributed by atoms with Crippen LogP contribution in [-0.4, -0.2) is 89.2 Å². The van der Waals surface area contributed by atoms with Crippen molar-refractivity contribution in [2.75, 3.05) is 32.1 Å². The maximum atomic E-state index is 12.7. The zero-order chi connectivity index (χ0) is 28.0. The SMILES string of the molecule is C=C1C=CN([C@@H]2O[C@H](C(=O)NCC(=O)Nc3ccc(CP(=O)(OCC)OCC)cc3)[C@@H](O)[C@H]2O)C(=O)N1C. The molecule has 1 fully saturated rings. The van der Waals surface area contributed by atoms with Crippen molar-refractivity contribution in [2.24, 2.45) is 0 Å². The molecule has 1 saturated heterocycles. The molecular formula is C24H33N4O9P. The normalized spacial score (nSPS) is 23.6. The highest BCUT2D eigenvalue weighted by Gasteiger charge is 2.50. The summed E-state index contributed by atoms with van der Waals surface area (Å²) in [5.74, 6) is -1.39. The molecule has 13 nitrogen and oxygen atoms in total. The molecular weight excluding hydrogens is 519 g/mol. The molecule has 0 aliphatic carbocycles. The topological polar surface area (TPSA) is 167 Å². The van der Waals surface area contributed by atoms with Crippen LogP contribution in [-0.2, 0) is 34.1 Å². The second kappa shape index (κ2) is 12.7. The second-order valence-electron chi connectivity index (χ2n) is 8.55. The molecule has 0 radical (unpaired) electrons. The third kappa shape index (κ3) is 6.87. The van der Waals surface area contributed by atoms with Crippen LogP contribution in [0.3, 0.4) is 0 Å². The minimum Gasteiger partial charge on any atom is -0.387 e. The lowest BCUT2D eigenvalue weighted by molar-refractivity contribution is -0.139. The molecule has 38 heavy (non-hydrogen) atoms. The van der Waals surface area contributed by atoms with Crippen LogP contribution in [0.25, 0.3) is 0 Å². The minimum absolute atomic E-state index is 0.0827. The van der Waals surface area contributed by atoms with Crippen LogP contribution in [0, 0.1) is 0 Å². The zero-order valence-corrected chi connectivity index (χ0v) is 22.3. The molecule has 208 valence electrons. The predicted octanol–water partition coefficient (Wildman–Crippen LogP) is 1.35. The van der Waals surface area contributed by atoms with Crippen LogP contribution >= 0.6 is 7.60 Å². The molecule has 0 bridgehead atoms. The molecule has 4 N–H and O–H groups in total. The van der Waals surface area contributed by atoms with Gasteiger partial charge in [0.2, 0.25) is 5.91 Å². The standard InChI is InChI=1S/C24H33N4O9P/c1-5-35-38(34,36-6-2)14-16-7-9-17(10-8-16)26-18(29)13-25-22(32)21-19(30)20(31)23(37-21)28-12-11-15(3)27(4)24(28)33/h7-12,19-21,23,30-31H,3,5-6,13-14H2,1-2,4H3,(H,25,32)(H,26,29)/t19-,20+,21-,23+/m0/s1. The number of carbonyl (C=O) groups excluding carboxylic acids is 3. The lowest BCUT2D eigenvalue weighted by Crippen LogP contribution is -2.50. The van der Waals surface area contributed by atoms with Gasteiger partial charge in [-0.2, -0.15) is 0 Å². The van der Waals surface area contributed by atoms with E-state index in [9.17, 15) is 29.2 Å². The monoisotopic (exact) mass is 552 g/mol. The fraction of sp³-hybridized carbons (Fsp3) is 0.458. The van der Waals surface area contributed by atoms with Gasteiger partial charge in [-0.15, -0.1) is 0 Å². The Labute approximate surface area is 220 Å². The number of hydrogen-bond acceptors (Lipinski definition) is 9. The van der Waals surface area contributed by atoms with E-state index in [0.717, 1.165) is 4.90 Å². The maximum Gasteiger partial charge on any atom is 0.335 e. The van der Waals surface area contributed by atoms with Crippen molar-refractivity contribution < 1.29 is 42.9 Å². The van der Waals surface area contributed by atoms with Gasteiger partial charge in [0.25, 0.3) is 5.91 Å². The van der Waals surface area contributed by atoms with E-state index in [1.54, 1.807) is 38.1 Å². The molecule has 2 heterocycles. The van der Waals surface area contributed by atoms with Crippen LogP contribution in [0.4, 0.5) is 10.5 Å². The molecule has 1 aromatic rings. The van der Waals surface area contributed by atoms with Crippen LogP contribution < -0.4 is 10.6 Å². The summed E-state index contributed by atoms with van der Waals surface area (Å²) >= 11 is 0. The quantitative estimate of drug-likeness (QED) is 0.296. The number of benzene rings is 1. The fourth-order valence-corrected chi connectivity index (χ4v) is 5.55. The van der Waals surface area contributed by atoms with Crippen molar-refractivity contribution in [3.8, 4) is 0 Å². The highest BCUT2D eigenvalue weighted by molar-refractivity contribution is 7.53. The van der Waals surface area contributed by atoms with Gasteiger partial charge in [0, 0.05) is 24.6 Å². The summed E-state index contributed by atoms with van der Waals surface area (Å²) in [6.07, 6.45) is -3.07. The smallest absolute Gasteiger partial charge is 0.335 e.